The van der Waals surface area contributed by atoms with E-state index < -0.39 is 0 Å². The molecule has 0 radical (unpaired) electrons. The van der Waals surface area contributed by atoms with Gasteiger partial charge in [0.05, 0.1) is 21.4 Å². The Bertz CT molecular complexity index is 643. The Morgan fingerprint density at radius 1 is 1.50 bits per heavy atom. The second-order valence-electron chi connectivity index (χ2n) is 5.30. The summed E-state index contributed by atoms with van der Waals surface area (Å²) in [5.41, 5.74) is 1.61. The van der Waals surface area contributed by atoms with E-state index in [2.05, 4.69) is 37.4 Å². The van der Waals surface area contributed by atoms with Gasteiger partial charge in [0.15, 0.2) is 0 Å². The lowest BCUT2D eigenvalue weighted by Crippen LogP contribution is -2.29. The Balaban J connectivity index is 2.05. The van der Waals surface area contributed by atoms with Gasteiger partial charge in [0.25, 0.3) is 0 Å². The molecular formula is C14H16BrClFN3. The van der Waals surface area contributed by atoms with Crippen molar-refractivity contribution in [1.29, 1.82) is 0 Å². The summed E-state index contributed by atoms with van der Waals surface area (Å²) in [6, 6.07) is 3.76. The first-order valence-corrected chi connectivity index (χ1v) is 8.03. The number of halogens is 3. The summed E-state index contributed by atoms with van der Waals surface area (Å²) >= 11 is 9.25. The molecule has 20 heavy (non-hydrogen) atoms. The van der Waals surface area contributed by atoms with Crippen LogP contribution in [0.25, 0.3) is 11.0 Å². The van der Waals surface area contributed by atoms with Crippen LogP contribution in [0.1, 0.15) is 18.7 Å². The number of fused-ring (bicyclic) bond motifs is 1. The lowest BCUT2D eigenvalue weighted by molar-refractivity contribution is 0.282. The second-order valence-corrected chi connectivity index (χ2v) is 6.43. The van der Waals surface area contributed by atoms with Gasteiger partial charge >= 0.3 is 0 Å². The standard InChI is InChI=1S/C14H16BrClFN3/c1-19-4-2-3-9(19)8-20-13-5-10(15)11(17)6-12(13)18-14(20)7-16/h5-6,9H,2-4,7-8H2,1H3. The Hall–Kier alpha value is -0.650. The number of likely N-dealkylation sites (N-methyl/N-ethyl adjacent to an activating group) is 1. The molecular weight excluding hydrogens is 345 g/mol. The van der Waals surface area contributed by atoms with Gasteiger partial charge in [0.1, 0.15) is 11.6 Å². The molecule has 6 heteroatoms. The van der Waals surface area contributed by atoms with E-state index in [1.165, 1.54) is 18.9 Å². The zero-order chi connectivity index (χ0) is 14.3. The lowest BCUT2D eigenvalue weighted by atomic mass is 10.2. The third-order valence-electron chi connectivity index (χ3n) is 4.05. The molecule has 1 fully saturated rings. The van der Waals surface area contributed by atoms with Crippen LogP contribution in [0.4, 0.5) is 4.39 Å². The van der Waals surface area contributed by atoms with Gasteiger partial charge in [0, 0.05) is 18.7 Å². The van der Waals surface area contributed by atoms with Crippen LogP contribution in [-0.4, -0.2) is 34.1 Å². The van der Waals surface area contributed by atoms with Crippen molar-refractivity contribution in [2.45, 2.75) is 31.3 Å². The zero-order valence-corrected chi connectivity index (χ0v) is 13.6. The summed E-state index contributed by atoms with van der Waals surface area (Å²) in [6.07, 6.45) is 2.41. The van der Waals surface area contributed by atoms with Crippen molar-refractivity contribution < 1.29 is 4.39 Å². The van der Waals surface area contributed by atoms with E-state index in [1.807, 2.05) is 0 Å². The van der Waals surface area contributed by atoms with Crippen molar-refractivity contribution in [3.63, 3.8) is 0 Å². The largest absolute Gasteiger partial charge is 0.325 e. The van der Waals surface area contributed by atoms with E-state index in [9.17, 15) is 4.39 Å². The maximum Gasteiger partial charge on any atom is 0.139 e. The second kappa shape index (κ2) is 5.62. The van der Waals surface area contributed by atoms with Crippen LogP contribution < -0.4 is 0 Å². The monoisotopic (exact) mass is 359 g/mol. The van der Waals surface area contributed by atoms with E-state index in [1.54, 1.807) is 6.07 Å². The fourth-order valence-corrected chi connectivity index (χ4v) is 3.43. The SMILES string of the molecule is CN1CCCC1Cn1c(CCl)nc2cc(F)c(Br)cc21. The quantitative estimate of drug-likeness (QED) is 0.777. The van der Waals surface area contributed by atoms with Gasteiger partial charge in [0.2, 0.25) is 0 Å². The minimum Gasteiger partial charge on any atom is -0.325 e. The number of rotatable bonds is 3. The number of likely N-dealkylation sites (tertiary alicyclic amines) is 1. The van der Waals surface area contributed by atoms with Crippen LogP contribution in [-0.2, 0) is 12.4 Å². The molecule has 1 aromatic heterocycles. The van der Waals surface area contributed by atoms with Crippen LogP contribution >= 0.6 is 27.5 Å². The van der Waals surface area contributed by atoms with Crippen molar-refractivity contribution in [3.8, 4) is 0 Å². The molecule has 1 saturated heterocycles. The minimum absolute atomic E-state index is 0.291. The third-order valence-corrected chi connectivity index (χ3v) is 4.90. The van der Waals surface area contributed by atoms with Crippen LogP contribution in [0.15, 0.2) is 16.6 Å². The molecule has 1 unspecified atom stereocenters. The van der Waals surface area contributed by atoms with E-state index >= 15 is 0 Å². The maximum atomic E-state index is 13.6. The van der Waals surface area contributed by atoms with Crippen molar-refractivity contribution in [2.75, 3.05) is 13.6 Å². The molecule has 2 aromatic rings. The number of hydrogen-bond acceptors (Lipinski definition) is 2. The molecule has 0 spiro atoms. The molecule has 0 amide bonds. The van der Waals surface area contributed by atoms with Crippen molar-refractivity contribution in [1.82, 2.24) is 14.5 Å². The minimum atomic E-state index is -0.291. The fourth-order valence-electron chi connectivity index (χ4n) is 2.90. The van der Waals surface area contributed by atoms with Crippen molar-refractivity contribution in [3.05, 3.63) is 28.2 Å². The number of alkyl halides is 1. The highest BCUT2D eigenvalue weighted by atomic mass is 79.9. The molecule has 0 aliphatic carbocycles. The van der Waals surface area contributed by atoms with Gasteiger partial charge in [-0.2, -0.15) is 0 Å². The maximum absolute atomic E-state index is 13.6. The molecule has 1 aromatic carbocycles. The van der Waals surface area contributed by atoms with E-state index in [0.717, 1.165) is 24.4 Å². The Labute approximate surface area is 130 Å². The summed E-state index contributed by atoms with van der Waals surface area (Å²) in [5, 5.41) is 0. The summed E-state index contributed by atoms with van der Waals surface area (Å²) in [5.74, 6) is 0.852. The third kappa shape index (κ3) is 2.47. The average Bonchev–Trinajstić information content (AvgIpc) is 2.96. The van der Waals surface area contributed by atoms with Gasteiger partial charge in [-0.05, 0) is 48.4 Å². The highest BCUT2D eigenvalue weighted by molar-refractivity contribution is 9.10. The van der Waals surface area contributed by atoms with Gasteiger partial charge in [-0.3, -0.25) is 0 Å². The number of benzene rings is 1. The first kappa shape index (κ1) is 14.3. The first-order chi connectivity index (χ1) is 9.60. The molecule has 108 valence electrons. The predicted octanol–water partition coefficient (Wildman–Crippen LogP) is 3.77. The number of aromatic nitrogens is 2. The molecule has 0 N–H and O–H groups in total. The van der Waals surface area contributed by atoms with Crippen LogP contribution in [0.2, 0.25) is 0 Å². The molecule has 1 aliphatic heterocycles. The van der Waals surface area contributed by atoms with Crippen LogP contribution in [0.5, 0.6) is 0 Å². The summed E-state index contributed by atoms with van der Waals surface area (Å²) < 4.78 is 16.2. The lowest BCUT2D eigenvalue weighted by Gasteiger charge is -2.21. The van der Waals surface area contributed by atoms with E-state index in [-0.39, 0.29) is 5.82 Å². The highest BCUT2D eigenvalue weighted by Crippen LogP contribution is 2.27. The van der Waals surface area contributed by atoms with Gasteiger partial charge in [-0.1, -0.05) is 0 Å². The fraction of sp³-hybridized carbons (Fsp3) is 0.500. The number of hydrogen-bond donors (Lipinski definition) is 0. The Morgan fingerprint density at radius 3 is 2.95 bits per heavy atom. The normalized spacial score (nSPS) is 20.1. The topological polar surface area (TPSA) is 21.1 Å². The Kier molecular flexibility index (Phi) is 4.02. The van der Waals surface area contributed by atoms with Gasteiger partial charge < -0.3 is 9.47 Å². The van der Waals surface area contributed by atoms with Crippen molar-refractivity contribution >= 4 is 38.6 Å². The summed E-state index contributed by atoms with van der Waals surface area (Å²) in [4.78, 5) is 6.82. The van der Waals surface area contributed by atoms with E-state index in [0.29, 0.717) is 21.9 Å². The zero-order valence-electron chi connectivity index (χ0n) is 11.2. The van der Waals surface area contributed by atoms with Crippen LogP contribution in [0.3, 0.4) is 0 Å². The number of nitrogens with zero attached hydrogens (tertiary/aromatic N) is 3. The van der Waals surface area contributed by atoms with Crippen LogP contribution in [0, 0.1) is 5.82 Å². The average molecular weight is 361 g/mol. The summed E-state index contributed by atoms with van der Waals surface area (Å²) in [7, 11) is 2.15. The molecule has 0 bridgehead atoms. The summed E-state index contributed by atoms with van der Waals surface area (Å²) in [6.45, 7) is 1.99. The van der Waals surface area contributed by atoms with Crippen molar-refractivity contribution in [2.24, 2.45) is 0 Å². The van der Waals surface area contributed by atoms with Gasteiger partial charge in [-0.25, -0.2) is 9.37 Å². The molecule has 1 aliphatic rings. The van der Waals surface area contributed by atoms with E-state index in [4.69, 9.17) is 11.6 Å². The predicted molar refractivity (Wildman–Crippen MR) is 82.6 cm³/mol. The molecule has 3 nitrogen and oxygen atoms in total. The molecule has 3 rings (SSSR count). The highest BCUT2D eigenvalue weighted by Gasteiger charge is 2.23. The molecule has 2 heterocycles. The Morgan fingerprint density at radius 2 is 2.30 bits per heavy atom. The smallest absolute Gasteiger partial charge is 0.139 e. The first-order valence-electron chi connectivity index (χ1n) is 6.70. The van der Waals surface area contributed by atoms with Gasteiger partial charge in [-0.15, -0.1) is 11.6 Å². The molecule has 0 saturated carbocycles. The number of imidazole rings is 1. The molecule has 1 atom stereocenters.